The number of benzene rings is 1. The summed E-state index contributed by atoms with van der Waals surface area (Å²) in [5.74, 6) is -1.61. The lowest BCUT2D eigenvalue weighted by molar-refractivity contribution is -0.113. The maximum absolute atomic E-state index is 13.2. The summed E-state index contributed by atoms with van der Waals surface area (Å²) in [6.45, 7) is 6.11. The number of nitrogens with zero attached hydrogens (tertiary/aromatic N) is 1. The van der Waals surface area contributed by atoms with Crippen molar-refractivity contribution in [3.63, 3.8) is 0 Å². The van der Waals surface area contributed by atoms with Crippen LogP contribution in [0.3, 0.4) is 0 Å². The summed E-state index contributed by atoms with van der Waals surface area (Å²) in [4.78, 5) is 16.1. The first kappa shape index (κ1) is 16.9. The average molecular weight is 342 g/mol. The molecule has 0 saturated heterocycles. The molecule has 3 nitrogen and oxygen atoms in total. The number of hydrogen-bond donors (Lipinski definition) is 1. The highest BCUT2D eigenvalue weighted by atomic mass is 32.2. The summed E-state index contributed by atoms with van der Waals surface area (Å²) in [5.41, 5.74) is 0.974. The fraction of sp³-hybridized carbons (Fsp3) is 0.333. The Balaban J connectivity index is 2.02. The molecule has 1 heterocycles. The van der Waals surface area contributed by atoms with E-state index in [1.54, 1.807) is 17.1 Å². The van der Waals surface area contributed by atoms with Crippen molar-refractivity contribution in [3.8, 4) is 11.3 Å². The number of carbonyl (C=O) groups is 1. The van der Waals surface area contributed by atoms with Crippen molar-refractivity contribution >= 4 is 34.1 Å². The minimum absolute atomic E-state index is 0.0109. The van der Waals surface area contributed by atoms with Crippen LogP contribution in [0.1, 0.15) is 20.8 Å². The highest BCUT2D eigenvalue weighted by Gasteiger charge is 2.15. The van der Waals surface area contributed by atoms with Gasteiger partial charge in [-0.3, -0.25) is 4.79 Å². The molecule has 22 heavy (non-hydrogen) atoms. The molecule has 1 amide bonds. The zero-order valence-electron chi connectivity index (χ0n) is 12.4. The number of thioether (sulfide) groups is 1. The van der Waals surface area contributed by atoms with E-state index in [1.807, 2.05) is 20.8 Å². The summed E-state index contributed by atoms with van der Waals surface area (Å²) < 4.78 is 26.2. The molecule has 0 spiro atoms. The molecule has 0 aliphatic carbocycles. The Morgan fingerprint density at radius 1 is 1.32 bits per heavy atom. The molecule has 0 fully saturated rings. The third-order valence-corrected chi connectivity index (χ3v) is 4.63. The molecule has 0 aliphatic rings. The van der Waals surface area contributed by atoms with Gasteiger partial charge in [-0.1, -0.05) is 20.8 Å². The Morgan fingerprint density at radius 2 is 2.05 bits per heavy atom. The fourth-order valence-corrected chi connectivity index (χ4v) is 2.93. The number of amides is 1. The van der Waals surface area contributed by atoms with Gasteiger partial charge in [0.2, 0.25) is 5.91 Å². The lowest BCUT2D eigenvalue weighted by atomic mass is 10.2. The SMILES string of the molecule is CC(C)(C)SCC(=O)Nc1nc(-c2ccc(F)c(F)c2)cs1. The molecule has 2 rings (SSSR count). The highest BCUT2D eigenvalue weighted by Crippen LogP contribution is 2.27. The van der Waals surface area contributed by atoms with Gasteiger partial charge in [-0.15, -0.1) is 23.1 Å². The summed E-state index contributed by atoms with van der Waals surface area (Å²) in [6.07, 6.45) is 0. The van der Waals surface area contributed by atoms with Crippen molar-refractivity contribution in [2.75, 3.05) is 11.1 Å². The third-order valence-electron chi connectivity index (χ3n) is 2.60. The Kier molecular flexibility index (Phi) is 5.18. The molecular formula is C15H16F2N2OS2. The first-order valence-electron chi connectivity index (χ1n) is 6.59. The number of nitrogens with one attached hydrogen (secondary N) is 1. The van der Waals surface area contributed by atoms with Crippen LogP contribution in [0.25, 0.3) is 11.3 Å². The monoisotopic (exact) mass is 342 g/mol. The van der Waals surface area contributed by atoms with Gasteiger partial charge in [-0.25, -0.2) is 13.8 Å². The maximum Gasteiger partial charge on any atom is 0.236 e. The van der Waals surface area contributed by atoms with Crippen LogP contribution in [0.2, 0.25) is 0 Å². The largest absolute Gasteiger partial charge is 0.301 e. The lowest BCUT2D eigenvalue weighted by Gasteiger charge is -2.16. The van der Waals surface area contributed by atoms with E-state index in [1.165, 1.54) is 17.4 Å². The molecule has 0 bridgehead atoms. The minimum atomic E-state index is -0.919. The van der Waals surface area contributed by atoms with E-state index in [0.29, 0.717) is 22.1 Å². The van der Waals surface area contributed by atoms with E-state index in [0.717, 1.165) is 12.1 Å². The molecule has 1 N–H and O–H groups in total. The second kappa shape index (κ2) is 6.75. The molecule has 0 unspecified atom stereocenters. The number of anilines is 1. The second-order valence-corrected chi connectivity index (χ2v) is 8.28. The van der Waals surface area contributed by atoms with Crippen LogP contribution in [-0.4, -0.2) is 21.4 Å². The summed E-state index contributed by atoms with van der Waals surface area (Å²) in [6, 6.07) is 3.60. The highest BCUT2D eigenvalue weighted by molar-refractivity contribution is 8.01. The number of carbonyl (C=O) groups excluding carboxylic acids is 1. The van der Waals surface area contributed by atoms with Crippen molar-refractivity contribution in [1.82, 2.24) is 4.98 Å². The number of thiazole rings is 1. The lowest BCUT2D eigenvalue weighted by Crippen LogP contribution is -2.18. The van der Waals surface area contributed by atoms with Crippen LogP contribution >= 0.6 is 23.1 Å². The van der Waals surface area contributed by atoms with Crippen molar-refractivity contribution in [2.45, 2.75) is 25.5 Å². The van der Waals surface area contributed by atoms with Gasteiger partial charge in [0.1, 0.15) is 0 Å². The van der Waals surface area contributed by atoms with Crippen LogP contribution in [0.15, 0.2) is 23.6 Å². The molecule has 2 aromatic rings. The maximum atomic E-state index is 13.2. The van der Waals surface area contributed by atoms with Gasteiger partial charge in [-0.2, -0.15) is 0 Å². The first-order valence-corrected chi connectivity index (χ1v) is 8.46. The van der Waals surface area contributed by atoms with E-state index in [-0.39, 0.29) is 10.7 Å². The second-order valence-electron chi connectivity index (χ2n) is 5.62. The van der Waals surface area contributed by atoms with E-state index in [4.69, 9.17) is 0 Å². The van der Waals surface area contributed by atoms with Gasteiger partial charge < -0.3 is 5.32 Å². The first-order chi connectivity index (χ1) is 10.2. The van der Waals surface area contributed by atoms with E-state index in [2.05, 4.69) is 10.3 Å². The normalized spacial score (nSPS) is 11.5. The van der Waals surface area contributed by atoms with Crippen molar-refractivity contribution in [2.24, 2.45) is 0 Å². The predicted octanol–water partition coefficient (Wildman–Crippen LogP) is 4.56. The number of aromatic nitrogens is 1. The Bertz CT molecular complexity index is 680. The Morgan fingerprint density at radius 3 is 2.68 bits per heavy atom. The van der Waals surface area contributed by atoms with Crippen LogP contribution in [0.5, 0.6) is 0 Å². The molecule has 118 valence electrons. The predicted molar refractivity (Wildman–Crippen MR) is 88.3 cm³/mol. The molecule has 0 radical (unpaired) electrons. The smallest absolute Gasteiger partial charge is 0.236 e. The van der Waals surface area contributed by atoms with E-state index < -0.39 is 11.6 Å². The van der Waals surface area contributed by atoms with Gasteiger partial charge in [0.25, 0.3) is 0 Å². The van der Waals surface area contributed by atoms with Gasteiger partial charge in [0.15, 0.2) is 16.8 Å². The van der Waals surface area contributed by atoms with Gasteiger partial charge in [0, 0.05) is 15.7 Å². The van der Waals surface area contributed by atoms with Crippen molar-refractivity contribution in [3.05, 3.63) is 35.2 Å². The Labute approximate surface area is 136 Å². The quantitative estimate of drug-likeness (QED) is 0.886. The summed E-state index contributed by atoms with van der Waals surface area (Å²) >= 11 is 2.79. The number of hydrogen-bond acceptors (Lipinski definition) is 4. The molecule has 1 aromatic heterocycles. The van der Waals surface area contributed by atoms with Gasteiger partial charge in [0.05, 0.1) is 11.4 Å². The van der Waals surface area contributed by atoms with Crippen LogP contribution in [-0.2, 0) is 4.79 Å². The van der Waals surface area contributed by atoms with Crippen LogP contribution < -0.4 is 5.32 Å². The number of halogens is 2. The molecule has 0 atom stereocenters. The van der Waals surface area contributed by atoms with E-state index >= 15 is 0 Å². The van der Waals surface area contributed by atoms with E-state index in [9.17, 15) is 13.6 Å². The summed E-state index contributed by atoms with van der Waals surface area (Å²) in [7, 11) is 0. The minimum Gasteiger partial charge on any atom is -0.301 e. The Hall–Kier alpha value is -1.47. The van der Waals surface area contributed by atoms with Crippen LogP contribution in [0, 0.1) is 11.6 Å². The zero-order chi connectivity index (χ0) is 16.3. The standard InChI is InChI=1S/C15H16F2N2OS2/c1-15(2,3)22-8-13(20)19-14-18-12(7-21-14)9-4-5-10(16)11(17)6-9/h4-7H,8H2,1-3H3,(H,18,19,20). The number of rotatable bonds is 4. The van der Waals surface area contributed by atoms with Crippen molar-refractivity contribution in [1.29, 1.82) is 0 Å². The van der Waals surface area contributed by atoms with Gasteiger partial charge >= 0.3 is 0 Å². The topological polar surface area (TPSA) is 42.0 Å². The molecular weight excluding hydrogens is 326 g/mol. The molecule has 1 aromatic carbocycles. The summed E-state index contributed by atoms with van der Waals surface area (Å²) in [5, 5.41) is 4.85. The van der Waals surface area contributed by atoms with Crippen molar-refractivity contribution < 1.29 is 13.6 Å². The average Bonchev–Trinajstić information content (AvgIpc) is 2.87. The molecule has 7 heteroatoms. The molecule has 0 aliphatic heterocycles. The fourth-order valence-electron chi connectivity index (χ4n) is 1.56. The third kappa shape index (κ3) is 4.78. The molecule has 0 saturated carbocycles. The van der Waals surface area contributed by atoms with Gasteiger partial charge in [-0.05, 0) is 18.2 Å². The zero-order valence-corrected chi connectivity index (χ0v) is 14.1. The van der Waals surface area contributed by atoms with Crippen LogP contribution in [0.4, 0.5) is 13.9 Å².